The van der Waals surface area contributed by atoms with Crippen LogP contribution in [0.3, 0.4) is 0 Å². The number of aromatic carboxylic acids is 1. The minimum atomic E-state index is -0.972. The molecule has 0 bridgehead atoms. The number of phenols is 1. The average molecular weight is 482 g/mol. The SMILES string of the molecule is O=C(O)c1ccc(Oc2cc(I)c(O)cc2I)cc1. The zero-order chi connectivity index (χ0) is 14.0. The van der Waals surface area contributed by atoms with Crippen LogP contribution in [-0.2, 0) is 0 Å². The van der Waals surface area contributed by atoms with Crippen molar-refractivity contribution in [3.05, 3.63) is 49.1 Å². The van der Waals surface area contributed by atoms with Gasteiger partial charge >= 0.3 is 5.97 Å². The molecule has 19 heavy (non-hydrogen) atoms. The molecule has 98 valence electrons. The summed E-state index contributed by atoms with van der Waals surface area (Å²) in [4.78, 5) is 10.7. The van der Waals surface area contributed by atoms with Gasteiger partial charge in [0.05, 0.1) is 12.7 Å². The second-order valence-electron chi connectivity index (χ2n) is 3.67. The lowest BCUT2D eigenvalue weighted by molar-refractivity contribution is 0.0697. The lowest BCUT2D eigenvalue weighted by Gasteiger charge is -2.09. The van der Waals surface area contributed by atoms with Gasteiger partial charge in [0.1, 0.15) is 17.2 Å². The maximum atomic E-state index is 10.7. The summed E-state index contributed by atoms with van der Waals surface area (Å²) in [5.74, 6) is 0.397. The van der Waals surface area contributed by atoms with Crippen LogP contribution in [0.15, 0.2) is 36.4 Å². The highest BCUT2D eigenvalue weighted by Crippen LogP contribution is 2.33. The molecule has 0 aromatic heterocycles. The Morgan fingerprint density at radius 1 is 1.05 bits per heavy atom. The van der Waals surface area contributed by atoms with E-state index in [1.807, 2.05) is 22.6 Å². The Morgan fingerprint density at radius 3 is 2.26 bits per heavy atom. The smallest absolute Gasteiger partial charge is 0.335 e. The van der Waals surface area contributed by atoms with Gasteiger partial charge in [-0.3, -0.25) is 0 Å². The number of phenolic OH excluding ortho intramolecular Hbond substituents is 1. The van der Waals surface area contributed by atoms with Crippen molar-refractivity contribution >= 4 is 51.2 Å². The first-order valence-corrected chi connectivity index (χ1v) is 7.32. The number of aromatic hydroxyl groups is 1. The van der Waals surface area contributed by atoms with E-state index < -0.39 is 5.97 Å². The van der Waals surface area contributed by atoms with Gasteiger partial charge in [0.25, 0.3) is 0 Å². The van der Waals surface area contributed by atoms with Crippen LogP contribution >= 0.6 is 45.2 Å². The number of carboxylic acids is 1. The number of benzene rings is 2. The summed E-state index contributed by atoms with van der Waals surface area (Å²) in [6, 6.07) is 9.50. The number of rotatable bonds is 3. The number of carboxylic acid groups (broad SMARTS) is 1. The third-order valence-corrected chi connectivity index (χ3v) is 4.04. The second-order valence-corrected chi connectivity index (χ2v) is 5.99. The lowest BCUT2D eigenvalue weighted by Crippen LogP contribution is -1.95. The Kier molecular flexibility index (Phi) is 4.50. The first kappa shape index (κ1) is 14.4. The van der Waals surface area contributed by atoms with Crippen molar-refractivity contribution in [3.63, 3.8) is 0 Å². The summed E-state index contributed by atoms with van der Waals surface area (Å²) in [7, 11) is 0. The summed E-state index contributed by atoms with van der Waals surface area (Å²) < 4.78 is 7.13. The zero-order valence-electron chi connectivity index (χ0n) is 9.43. The topological polar surface area (TPSA) is 66.8 Å². The van der Waals surface area contributed by atoms with Crippen LogP contribution < -0.4 is 4.74 Å². The minimum absolute atomic E-state index is 0.207. The predicted octanol–water partition coefficient (Wildman–Crippen LogP) is 4.09. The van der Waals surface area contributed by atoms with Gasteiger partial charge in [0.15, 0.2) is 0 Å². The van der Waals surface area contributed by atoms with Crippen molar-refractivity contribution in [3.8, 4) is 17.2 Å². The average Bonchev–Trinajstić information content (AvgIpc) is 2.36. The highest BCUT2D eigenvalue weighted by Gasteiger charge is 2.08. The van der Waals surface area contributed by atoms with E-state index in [-0.39, 0.29) is 11.3 Å². The monoisotopic (exact) mass is 482 g/mol. The zero-order valence-corrected chi connectivity index (χ0v) is 13.7. The molecule has 2 aromatic rings. The van der Waals surface area contributed by atoms with Gasteiger partial charge in [-0.25, -0.2) is 4.79 Å². The molecule has 0 spiro atoms. The largest absolute Gasteiger partial charge is 0.507 e. The van der Waals surface area contributed by atoms with E-state index >= 15 is 0 Å². The first-order valence-electron chi connectivity index (χ1n) is 5.16. The fourth-order valence-corrected chi connectivity index (χ4v) is 2.39. The molecule has 0 aliphatic rings. The Morgan fingerprint density at radius 2 is 1.68 bits per heavy atom. The predicted molar refractivity (Wildman–Crippen MR) is 87.0 cm³/mol. The van der Waals surface area contributed by atoms with Gasteiger partial charge in [0, 0.05) is 0 Å². The van der Waals surface area contributed by atoms with Gasteiger partial charge in [-0.05, 0) is 81.6 Å². The summed E-state index contributed by atoms with van der Waals surface area (Å²) in [6.07, 6.45) is 0. The lowest BCUT2D eigenvalue weighted by atomic mass is 10.2. The van der Waals surface area contributed by atoms with E-state index in [4.69, 9.17) is 9.84 Å². The van der Waals surface area contributed by atoms with E-state index in [2.05, 4.69) is 22.6 Å². The number of carbonyl (C=O) groups is 1. The maximum Gasteiger partial charge on any atom is 0.335 e. The van der Waals surface area contributed by atoms with Crippen molar-refractivity contribution in [1.82, 2.24) is 0 Å². The van der Waals surface area contributed by atoms with Crippen LogP contribution in [0.1, 0.15) is 10.4 Å². The summed E-state index contributed by atoms with van der Waals surface area (Å²) >= 11 is 4.08. The van der Waals surface area contributed by atoms with Crippen LogP contribution in [0.2, 0.25) is 0 Å². The van der Waals surface area contributed by atoms with Gasteiger partial charge in [0.2, 0.25) is 0 Å². The molecule has 0 fully saturated rings. The molecule has 2 N–H and O–H groups in total. The molecule has 6 heteroatoms. The molecule has 0 saturated carbocycles. The van der Waals surface area contributed by atoms with E-state index in [0.29, 0.717) is 15.1 Å². The van der Waals surface area contributed by atoms with E-state index in [9.17, 15) is 9.90 Å². The van der Waals surface area contributed by atoms with Crippen molar-refractivity contribution in [1.29, 1.82) is 0 Å². The first-order chi connectivity index (χ1) is 8.97. The molecule has 2 aromatic carbocycles. The maximum absolute atomic E-state index is 10.7. The third kappa shape index (κ3) is 3.50. The van der Waals surface area contributed by atoms with Crippen LogP contribution in [-0.4, -0.2) is 16.2 Å². The fraction of sp³-hybridized carbons (Fsp3) is 0. The molecular weight excluding hydrogens is 474 g/mol. The summed E-state index contributed by atoms with van der Waals surface area (Å²) in [5, 5.41) is 18.4. The highest BCUT2D eigenvalue weighted by atomic mass is 127. The molecule has 0 amide bonds. The third-order valence-electron chi connectivity index (χ3n) is 2.33. The normalized spacial score (nSPS) is 10.2. The summed E-state index contributed by atoms with van der Waals surface area (Å²) in [6.45, 7) is 0. The Hall–Kier alpha value is -1.03. The van der Waals surface area contributed by atoms with Gasteiger partial charge in [-0.15, -0.1) is 0 Å². The summed E-state index contributed by atoms with van der Waals surface area (Å²) in [5.41, 5.74) is 0.210. The Labute approximate surface area is 136 Å². The standard InChI is InChI=1S/C13H8I2O4/c14-9-6-12(10(15)5-11(9)16)19-8-3-1-7(2-4-8)13(17)18/h1-6,16H,(H,17,18). The molecule has 4 nitrogen and oxygen atoms in total. The van der Waals surface area contributed by atoms with Crippen LogP contribution in [0.4, 0.5) is 0 Å². The molecule has 0 aliphatic heterocycles. The highest BCUT2D eigenvalue weighted by molar-refractivity contribution is 14.1. The molecular formula is C13H8I2O4. The molecule has 0 atom stereocenters. The number of halogens is 2. The van der Waals surface area contributed by atoms with Crippen molar-refractivity contribution < 1.29 is 19.7 Å². The molecule has 0 radical (unpaired) electrons. The van der Waals surface area contributed by atoms with Crippen LogP contribution in [0.25, 0.3) is 0 Å². The number of ether oxygens (including phenoxy) is 1. The van der Waals surface area contributed by atoms with Gasteiger partial charge in [-0.1, -0.05) is 0 Å². The molecule has 2 rings (SSSR count). The van der Waals surface area contributed by atoms with Gasteiger partial charge < -0.3 is 14.9 Å². The van der Waals surface area contributed by atoms with Crippen molar-refractivity contribution in [2.75, 3.05) is 0 Å². The molecule has 0 heterocycles. The Balaban J connectivity index is 2.26. The van der Waals surface area contributed by atoms with Gasteiger partial charge in [-0.2, -0.15) is 0 Å². The van der Waals surface area contributed by atoms with E-state index in [1.54, 1.807) is 24.3 Å². The number of hydrogen-bond donors (Lipinski definition) is 2. The quantitative estimate of drug-likeness (QED) is 0.648. The number of hydrogen-bond acceptors (Lipinski definition) is 3. The van der Waals surface area contributed by atoms with Crippen LogP contribution in [0, 0.1) is 7.14 Å². The van der Waals surface area contributed by atoms with E-state index in [1.165, 1.54) is 12.1 Å². The van der Waals surface area contributed by atoms with Crippen molar-refractivity contribution in [2.45, 2.75) is 0 Å². The Bertz CT molecular complexity index is 623. The fourth-order valence-electron chi connectivity index (χ4n) is 1.39. The van der Waals surface area contributed by atoms with E-state index in [0.717, 1.165) is 3.57 Å². The molecule has 0 saturated heterocycles. The second kappa shape index (κ2) is 5.95. The molecule has 0 aliphatic carbocycles. The molecule has 0 unspecified atom stereocenters. The minimum Gasteiger partial charge on any atom is -0.507 e. The van der Waals surface area contributed by atoms with Crippen molar-refractivity contribution in [2.24, 2.45) is 0 Å². The van der Waals surface area contributed by atoms with Crippen LogP contribution in [0.5, 0.6) is 17.2 Å².